The fraction of sp³-hybridized carbons (Fsp3) is 0.269. The molecule has 1 fully saturated rings. The fourth-order valence-corrected chi connectivity index (χ4v) is 4.43. The number of benzene rings is 1. The summed E-state index contributed by atoms with van der Waals surface area (Å²) < 4.78 is 0. The van der Waals surface area contributed by atoms with Crippen LogP contribution in [0.25, 0.3) is 40.3 Å². The van der Waals surface area contributed by atoms with Crippen LogP contribution in [-0.4, -0.2) is 38.2 Å². The van der Waals surface area contributed by atoms with Crippen molar-refractivity contribution in [2.75, 3.05) is 13.1 Å². The number of rotatable bonds is 5. The molecular weight excluding hydrogens is 396 g/mol. The maximum absolute atomic E-state index is 4.73. The SMILES string of the molecule is C=C(/C=c1/c(-c2nc3ccccc3[nH]2)n[nH]/c1=C/C)c1cncc(CC2CCNCC2)c1. The Morgan fingerprint density at radius 3 is 2.84 bits per heavy atom. The number of hydrogen-bond acceptors (Lipinski definition) is 4. The highest BCUT2D eigenvalue weighted by molar-refractivity contribution is 5.88. The van der Waals surface area contributed by atoms with E-state index < -0.39 is 0 Å². The van der Waals surface area contributed by atoms with Gasteiger partial charge in [-0.25, -0.2) is 4.98 Å². The first-order valence-corrected chi connectivity index (χ1v) is 11.2. The van der Waals surface area contributed by atoms with Gasteiger partial charge in [0, 0.05) is 17.6 Å². The topological polar surface area (TPSA) is 82.3 Å². The number of aromatic amines is 2. The smallest absolute Gasteiger partial charge is 0.159 e. The first-order chi connectivity index (χ1) is 15.7. The fourth-order valence-electron chi connectivity index (χ4n) is 4.43. The molecule has 0 saturated carbocycles. The summed E-state index contributed by atoms with van der Waals surface area (Å²) in [5, 5.41) is 13.0. The Labute approximate surface area is 187 Å². The Bertz CT molecular complexity index is 1340. The van der Waals surface area contributed by atoms with Crippen LogP contribution in [0.4, 0.5) is 0 Å². The molecule has 4 heterocycles. The molecule has 4 aromatic rings. The molecule has 6 nitrogen and oxygen atoms in total. The van der Waals surface area contributed by atoms with E-state index in [-0.39, 0.29) is 0 Å². The van der Waals surface area contributed by atoms with Crippen LogP contribution in [-0.2, 0) is 6.42 Å². The van der Waals surface area contributed by atoms with Crippen LogP contribution in [0.5, 0.6) is 0 Å². The van der Waals surface area contributed by atoms with Gasteiger partial charge in [0.05, 0.1) is 16.4 Å². The lowest BCUT2D eigenvalue weighted by Crippen LogP contribution is -2.28. The van der Waals surface area contributed by atoms with E-state index in [4.69, 9.17) is 4.98 Å². The van der Waals surface area contributed by atoms with Gasteiger partial charge in [-0.2, -0.15) is 5.10 Å². The molecule has 3 N–H and O–H groups in total. The van der Waals surface area contributed by atoms with Crippen molar-refractivity contribution < 1.29 is 0 Å². The number of imidazole rings is 1. The lowest BCUT2D eigenvalue weighted by Gasteiger charge is -2.22. The summed E-state index contributed by atoms with van der Waals surface area (Å²) in [7, 11) is 0. The van der Waals surface area contributed by atoms with Gasteiger partial charge in [-0.3, -0.25) is 10.1 Å². The molecule has 32 heavy (non-hydrogen) atoms. The molecule has 0 spiro atoms. The molecule has 162 valence electrons. The third-order valence-electron chi connectivity index (χ3n) is 6.20. The van der Waals surface area contributed by atoms with Crippen LogP contribution in [0.1, 0.15) is 30.9 Å². The summed E-state index contributed by atoms with van der Waals surface area (Å²) in [6, 6.07) is 10.2. The van der Waals surface area contributed by atoms with Gasteiger partial charge < -0.3 is 10.3 Å². The summed E-state index contributed by atoms with van der Waals surface area (Å²) in [6.45, 7) is 8.57. The quantitative estimate of drug-likeness (QED) is 0.460. The van der Waals surface area contributed by atoms with Crippen LogP contribution < -0.4 is 15.9 Å². The molecule has 0 bridgehead atoms. The number of hydrogen-bond donors (Lipinski definition) is 3. The molecule has 0 aliphatic carbocycles. The number of piperidine rings is 1. The van der Waals surface area contributed by atoms with Crippen molar-refractivity contribution in [3.63, 3.8) is 0 Å². The largest absolute Gasteiger partial charge is 0.337 e. The van der Waals surface area contributed by atoms with Crippen molar-refractivity contribution in [3.05, 3.63) is 71.0 Å². The van der Waals surface area contributed by atoms with E-state index in [1.54, 1.807) is 0 Å². The van der Waals surface area contributed by atoms with Gasteiger partial charge in [0.15, 0.2) is 5.82 Å². The Kier molecular flexibility index (Phi) is 5.69. The lowest BCUT2D eigenvalue weighted by molar-refractivity contribution is 0.372. The van der Waals surface area contributed by atoms with Gasteiger partial charge in [0.25, 0.3) is 0 Å². The number of fused-ring (bicyclic) bond motifs is 1. The van der Waals surface area contributed by atoms with Crippen molar-refractivity contribution in [1.29, 1.82) is 0 Å². The molecule has 1 aliphatic rings. The van der Waals surface area contributed by atoms with Crippen LogP contribution in [0.15, 0.2) is 49.3 Å². The van der Waals surface area contributed by atoms with E-state index in [0.717, 1.165) is 69.7 Å². The van der Waals surface area contributed by atoms with Crippen LogP contribution in [0.3, 0.4) is 0 Å². The van der Waals surface area contributed by atoms with Crippen LogP contribution in [0.2, 0.25) is 0 Å². The van der Waals surface area contributed by atoms with Gasteiger partial charge in [-0.15, -0.1) is 0 Å². The highest BCUT2D eigenvalue weighted by Gasteiger charge is 2.14. The number of H-pyrrole nitrogens is 2. The second-order valence-electron chi connectivity index (χ2n) is 8.44. The standard InChI is InChI=1S/C26H28N6/c1-3-22-21(25(32-31-22)26-29-23-6-4-5-7-24(23)30-26)12-17(2)20-14-19(15-28-16-20)13-18-8-10-27-11-9-18/h3-7,12,14-16,18,27,31H,2,8-11,13H2,1H3,(H,29,30)/b21-12+,22-3+. The third kappa shape index (κ3) is 4.14. The molecule has 1 aliphatic heterocycles. The summed E-state index contributed by atoms with van der Waals surface area (Å²) in [4.78, 5) is 12.6. The number of nitrogens with zero attached hydrogens (tertiary/aromatic N) is 3. The first-order valence-electron chi connectivity index (χ1n) is 11.2. The van der Waals surface area contributed by atoms with Gasteiger partial charge in [0.2, 0.25) is 0 Å². The summed E-state index contributed by atoms with van der Waals surface area (Å²) in [6.07, 6.45) is 11.5. The monoisotopic (exact) mass is 424 g/mol. The predicted molar refractivity (Wildman–Crippen MR) is 130 cm³/mol. The summed E-state index contributed by atoms with van der Waals surface area (Å²) in [5.74, 6) is 1.47. The molecule has 0 unspecified atom stereocenters. The van der Waals surface area contributed by atoms with E-state index in [1.165, 1.54) is 18.4 Å². The maximum Gasteiger partial charge on any atom is 0.159 e. The van der Waals surface area contributed by atoms with E-state index >= 15 is 0 Å². The average Bonchev–Trinajstić information content (AvgIpc) is 3.43. The Hall–Kier alpha value is -3.51. The van der Waals surface area contributed by atoms with E-state index in [1.807, 2.05) is 49.7 Å². The highest BCUT2D eigenvalue weighted by Crippen LogP contribution is 2.21. The molecular formula is C26H28N6. The van der Waals surface area contributed by atoms with Gasteiger partial charge in [0.1, 0.15) is 5.69 Å². The normalized spacial score (nSPS) is 16.2. The maximum atomic E-state index is 4.73. The zero-order valence-electron chi connectivity index (χ0n) is 18.4. The molecule has 0 amide bonds. The van der Waals surface area contributed by atoms with Crippen molar-refractivity contribution in [2.45, 2.75) is 26.2 Å². The molecule has 1 saturated heterocycles. The second-order valence-corrected chi connectivity index (χ2v) is 8.44. The second kappa shape index (κ2) is 8.93. The minimum absolute atomic E-state index is 0.723. The third-order valence-corrected chi connectivity index (χ3v) is 6.20. The molecule has 1 aromatic carbocycles. The Morgan fingerprint density at radius 2 is 2.03 bits per heavy atom. The molecule has 6 heteroatoms. The lowest BCUT2D eigenvalue weighted by atomic mass is 9.91. The Balaban J connectivity index is 1.49. The Morgan fingerprint density at radius 1 is 1.19 bits per heavy atom. The number of pyridine rings is 1. The van der Waals surface area contributed by atoms with Crippen molar-refractivity contribution >= 4 is 28.8 Å². The molecule has 0 atom stereocenters. The van der Waals surface area contributed by atoms with E-state index in [2.05, 4.69) is 44.2 Å². The van der Waals surface area contributed by atoms with Crippen molar-refractivity contribution in [3.8, 4) is 11.5 Å². The summed E-state index contributed by atoms with van der Waals surface area (Å²) in [5.41, 5.74) is 5.92. The minimum atomic E-state index is 0.723. The molecule has 0 radical (unpaired) electrons. The highest BCUT2D eigenvalue weighted by atomic mass is 15.1. The van der Waals surface area contributed by atoms with Crippen LogP contribution >= 0.6 is 0 Å². The van der Waals surface area contributed by atoms with Crippen LogP contribution in [0, 0.1) is 5.92 Å². The van der Waals surface area contributed by atoms with Crippen molar-refractivity contribution in [1.82, 2.24) is 30.5 Å². The van der Waals surface area contributed by atoms with E-state index in [9.17, 15) is 0 Å². The van der Waals surface area contributed by atoms with Gasteiger partial charge in [-0.1, -0.05) is 24.8 Å². The van der Waals surface area contributed by atoms with Gasteiger partial charge in [-0.05, 0) is 86.2 Å². The molecule has 5 rings (SSSR count). The first kappa shape index (κ1) is 20.4. The number of allylic oxidation sites excluding steroid dienone is 1. The number of aromatic nitrogens is 5. The molecule has 3 aromatic heterocycles. The summed E-state index contributed by atoms with van der Waals surface area (Å²) >= 11 is 0. The van der Waals surface area contributed by atoms with Gasteiger partial charge >= 0.3 is 0 Å². The number of nitrogens with one attached hydrogen (secondary N) is 3. The number of para-hydroxylation sites is 2. The minimum Gasteiger partial charge on any atom is -0.337 e. The predicted octanol–water partition coefficient (Wildman–Crippen LogP) is 3.18. The zero-order valence-corrected chi connectivity index (χ0v) is 18.4. The average molecular weight is 425 g/mol. The van der Waals surface area contributed by atoms with Crippen molar-refractivity contribution in [2.24, 2.45) is 5.92 Å². The van der Waals surface area contributed by atoms with E-state index in [0.29, 0.717) is 0 Å². The zero-order chi connectivity index (χ0) is 21.9.